The van der Waals surface area contributed by atoms with E-state index in [9.17, 15) is 4.79 Å². The van der Waals surface area contributed by atoms with Gasteiger partial charge in [0.05, 0.1) is 0 Å². The fourth-order valence-corrected chi connectivity index (χ4v) is 2.97. The molecule has 1 heterocycles. The van der Waals surface area contributed by atoms with E-state index in [0.29, 0.717) is 6.42 Å². The van der Waals surface area contributed by atoms with Gasteiger partial charge in [-0.15, -0.1) is 0 Å². The maximum absolute atomic E-state index is 12.2. The zero-order chi connectivity index (χ0) is 14.4. The van der Waals surface area contributed by atoms with Gasteiger partial charge in [-0.3, -0.25) is 4.79 Å². The maximum atomic E-state index is 12.2. The average molecular weight is 260 g/mol. The highest BCUT2D eigenvalue weighted by atomic mass is 16.5. The van der Waals surface area contributed by atoms with Crippen LogP contribution in [0.5, 0.6) is 5.75 Å². The van der Waals surface area contributed by atoms with E-state index >= 15 is 0 Å². The Hall–Kier alpha value is -1.31. The van der Waals surface area contributed by atoms with Crippen molar-refractivity contribution < 1.29 is 9.53 Å². The molecule has 0 bridgehead atoms. The minimum absolute atomic E-state index is 0.104. The first-order chi connectivity index (χ1) is 8.78. The number of benzene rings is 1. The molecule has 0 saturated carbocycles. The minimum atomic E-state index is -0.104. The van der Waals surface area contributed by atoms with Crippen molar-refractivity contribution in [1.82, 2.24) is 0 Å². The van der Waals surface area contributed by atoms with E-state index in [0.717, 1.165) is 40.8 Å². The molecular formula is C17H24O2. The molecule has 0 fully saturated rings. The SMILES string of the molecule is CCC(=O)c1c(C)c(C)c2c(c1C)CCC(C)(C)O2. The van der Waals surface area contributed by atoms with Crippen molar-refractivity contribution in [3.8, 4) is 5.75 Å². The Morgan fingerprint density at radius 2 is 1.79 bits per heavy atom. The lowest BCUT2D eigenvalue weighted by atomic mass is 9.84. The van der Waals surface area contributed by atoms with Crippen LogP contribution in [0.3, 0.4) is 0 Å². The standard InChI is InChI=1S/C17H24O2/c1-7-14(18)15-10(2)11(3)16-13(12(15)4)8-9-17(5,6)19-16/h7-9H2,1-6H3. The minimum Gasteiger partial charge on any atom is -0.487 e. The predicted molar refractivity (Wildman–Crippen MR) is 78.3 cm³/mol. The fraction of sp³-hybridized carbons (Fsp3) is 0.588. The first kappa shape index (κ1) is 14.1. The van der Waals surface area contributed by atoms with Crippen LogP contribution in [0.4, 0.5) is 0 Å². The molecule has 0 aromatic heterocycles. The molecule has 0 N–H and O–H groups in total. The third-order valence-corrected chi connectivity index (χ3v) is 4.34. The first-order valence-electron chi connectivity index (χ1n) is 7.13. The van der Waals surface area contributed by atoms with Crippen LogP contribution >= 0.6 is 0 Å². The first-order valence-corrected chi connectivity index (χ1v) is 7.13. The number of carbonyl (C=O) groups is 1. The highest BCUT2D eigenvalue weighted by Crippen LogP contribution is 2.41. The molecule has 0 saturated heterocycles. The lowest BCUT2D eigenvalue weighted by Gasteiger charge is -2.35. The molecule has 0 atom stereocenters. The summed E-state index contributed by atoms with van der Waals surface area (Å²) in [5.41, 5.74) is 5.39. The van der Waals surface area contributed by atoms with Crippen molar-refractivity contribution in [3.05, 3.63) is 27.8 Å². The van der Waals surface area contributed by atoms with E-state index in [1.165, 1.54) is 5.56 Å². The molecule has 0 unspecified atom stereocenters. The molecule has 19 heavy (non-hydrogen) atoms. The Labute approximate surface area is 116 Å². The highest BCUT2D eigenvalue weighted by Gasteiger charge is 2.31. The Bertz CT molecular complexity index is 539. The van der Waals surface area contributed by atoms with Crippen molar-refractivity contribution in [1.29, 1.82) is 0 Å². The van der Waals surface area contributed by atoms with Crippen LogP contribution in [0, 0.1) is 20.8 Å². The molecule has 2 rings (SSSR count). The molecule has 1 aliphatic rings. The van der Waals surface area contributed by atoms with Crippen molar-refractivity contribution in [2.45, 2.75) is 66.4 Å². The molecular weight excluding hydrogens is 236 g/mol. The molecule has 0 spiro atoms. The highest BCUT2D eigenvalue weighted by molar-refractivity contribution is 5.99. The molecule has 0 radical (unpaired) electrons. The van der Waals surface area contributed by atoms with E-state index in [-0.39, 0.29) is 11.4 Å². The molecule has 2 heteroatoms. The molecule has 104 valence electrons. The molecule has 2 nitrogen and oxygen atoms in total. The Morgan fingerprint density at radius 3 is 2.37 bits per heavy atom. The Morgan fingerprint density at radius 1 is 1.16 bits per heavy atom. The average Bonchev–Trinajstić information content (AvgIpc) is 2.35. The van der Waals surface area contributed by atoms with E-state index in [1.807, 2.05) is 13.8 Å². The Balaban J connectivity index is 2.67. The summed E-state index contributed by atoms with van der Waals surface area (Å²) < 4.78 is 6.17. The smallest absolute Gasteiger partial charge is 0.163 e. The van der Waals surface area contributed by atoms with Crippen LogP contribution in [-0.2, 0) is 6.42 Å². The van der Waals surface area contributed by atoms with Crippen LogP contribution in [-0.4, -0.2) is 11.4 Å². The number of ether oxygens (including phenoxy) is 1. The van der Waals surface area contributed by atoms with Gasteiger partial charge in [-0.1, -0.05) is 6.92 Å². The summed E-state index contributed by atoms with van der Waals surface area (Å²) in [6.45, 7) is 12.4. The molecule has 1 aromatic carbocycles. The van der Waals surface area contributed by atoms with Gasteiger partial charge < -0.3 is 4.74 Å². The summed E-state index contributed by atoms with van der Waals surface area (Å²) in [4.78, 5) is 12.2. The molecule has 0 amide bonds. The fourth-order valence-electron chi connectivity index (χ4n) is 2.97. The third-order valence-electron chi connectivity index (χ3n) is 4.34. The molecule has 0 aliphatic carbocycles. The maximum Gasteiger partial charge on any atom is 0.163 e. The number of rotatable bonds is 2. The summed E-state index contributed by atoms with van der Waals surface area (Å²) in [6, 6.07) is 0. The summed E-state index contributed by atoms with van der Waals surface area (Å²) in [7, 11) is 0. The molecule has 1 aliphatic heterocycles. The van der Waals surface area contributed by atoms with E-state index in [2.05, 4.69) is 27.7 Å². The van der Waals surface area contributed by atoms with Crippen LogP contribution in [0.2, 0.25) is 0 Å². The predicted octanol–water partition coefficient (Wildman–Crippen LogP) is 4.31. The van der Waals surface area contributed by atoms with E-state index in [1.54, 1.807) is 0 Å². The lowest BCUT2D eigenvalue weighted by Crippen LogP contribution is -2.34. The monoisotopic (exact) mass is 260 g/mol. The number of hydrogen-bond acceptors (Lipinski definition) is 2. The second-order valence-electron chi connectivity index (χ2n) is 6.20. The topological polar surface area (TPSA) is 26.3 Å². The number of carbonyl (C=O) groups excluding carboxylic acids is 1. The zero-order valence-corrected chi connectivity index (χ0v) is 12.9. The van der Waals surface area contributed by atoms with E-state index < -0.39 is 0 Å². The van der Waals surface area contributed by atoms with Gasteiger partial charge in [-0.2, -0.15) is 0 Å². The van der Waals surface area contributed by atoms with Gasteiger partial charge in [-0.25, -0.2) is 0 Å². The van der Waals surface area contributed by atoms with Gasteiger partial charge in [0, 0.05) is 12.0 Å². The number of Topliss-reactive ketones (excluding diaryl/α,β-unsaturated/α-hetero) is 1. The largest absolute Gasteiger partial charge is 0.487 e. The zero-order valence-electron chi connectivity index (χ0n) is 12.9. The van der Waals surface area contributed by atoms with Gasteiger partial charge >= 0.3 is 0 Å². The summed E-state index contributed by atoms with van der Waals surface area (Å²) in [5, 5.41) is 0. The number of fused-ring (bicyclic) bond motifs is 1. The van der Waals surface area contributed by atoms with Gasteiger partial charge in [0.2, 0.25) is 0 Å². The Kier molecular flexibility index (Phi) is 3.46. The molecule has 1 aromatic rings. The van der Waals surface area contributed by atoms with Crippen LogP contribution < -0.4 is 4.74 Å². The van der Waals surface area contributed by atoms with Crippen LogP contribution in [0.1, 0.15) is 66.2 Å². The van der Waals surface area contributed by atoms with Gasteiger partial charge in [0.25, 0.3) is 0 Å². The van der Waals surface area contributed by atoms with E-state index in [4.69, 9.17) is 4.74 Å². The quantitative estimate of drug-likeness (QED) is 0.741. The summed E-state index contributed by atoms with van der Waals surface area (Å²) >= 11 is 0. The van der Waals surface area contributed by atoms with Crippen molar-refractivity contribution in [2.75, 3.05) is 0 Å². The van der Waals surface area contributed by atoms with Crippen LogP contribution in [0.15, 0.2) is 0 Å². The van der Waals surface area contributed by atoms with Gasteiger partial charge in [0.1, 0.15) is 11.4 Å². The number of hydrogen-bond donors (Lipinski definition) is 0. The van der Waals surface area contributed by atoms with Crippen LogP contribution in [0.25, 0.3) is 0 Å². The summed E-state index contributed by atoms with van der Waals surface area (Å²) in [6.07, 6.45) is 2.56. The second-order valence-corrected chi connectivity index (χ2v) is 6.20. The summed E-state index contributed by atoms with van der Waals surface area (Å²) in [5.74, 6) is 1.25. The normalized spacial score (nSPS) is 16.7. The third kappa shape index (κ3) is 2.29. The number of ketones is 1. The van der Waals surface area contributed by atoms with Crippen molar-refractivity contribution in [3.63, 3.8) is 0 Å². The van der Waals surface area contributed by atoms with Crippen molar-refractivity contribution >= 4 is 5.78 Å². The van der Waals surface area contributed by atoms with Gasteiger partial charge in [-0.05, 0) is 69.7 Å². The lowest BCUT2D eigenvalue weighted by molar-refractivity contribution is 0.0832. The van der Waals surface area contributed by atoms with Crippen molar-refractivity contribution in [2.24, 2.45) is 0 Å². The second kappa shape index (κ2) is 4.66. The van der Waals surface area contributed by atoms with Gasteiger partial charge in [0.15, 0.2) is 5.78 Å².